The number of hydrogen-bond donors (Lipinski definition) is 0. The van der Waals surface area contributed by atoms with E-state index >= 15 is 0 Å². The van der Waals surface area contributed by atoms with E-state index in [0.717, 1.165) is 116 Å². The number of phosphoric acid groups is 3. The van der Waals surface area contributed by atoms with Crippen LogP contribution in [0.2, 0.25) is 0 Å². The fraction of sp³-hybridized carbons (Fsp3) is 0.889. The third-order valence-electron chi connectivity index (χ3n) is 23.4. The second-order valence-corrected chi connectivity index (χ2v) is 40.2. The van der Waals surface area contributed by atoms with Gasteiger partial charge in [0.1, 0.15) is 0 Å². The zero-order valence-electron chi connectivity index (χ0n) is 83.2. The van der Waals surface area contributed by atoms with Gasteiger partial charge in [0, 0.05) is 0 Å². The van der Waals surface area contributed by atoms with E-state index in [9.17, 15) is 28.4 Å². The van der Waals surface area contributed by atoms with Gasteiger partial charge in [-0.1, -0.05) is 461 Å². The smallest absolute Gasteiger partial charge is 0.756 e. The van der Waals surface area contributed by atoms with Crippen LogP contribution in [0.15, 0.2) is 72.9 Å². The van der Waals surface area contributed by atoms with Gasteiger partial charge in [0.2, 0.25) is 0 Å². The van der Waals surface area contributed by atoms with Crippen LogP contribution < -0.4 is 14.7 Å². The van der Waals surface area contributed by atoms with Crippen LogP contribution in [-0.2, 0) is 58.2 Å². The Balaban J connectivity index is -0.000000867. The van der Waals surface area contributed by atoms with E-state index < -0.39 is 23.5 Å². The van der Waals surface area contributed by atoms with Crippen molar-refractivity contribution in [1.82, 2.24) is 0 Å². The van der Waals surface area contributed by atoms with Crippen molar-refractivity contribution in [3.05, 3.63) is 72.9 Å². The van der Waals surface area contributed by atoms with Gasteiger partial charge in [-0.3, -0.25) is 13.7 Å². The quantitative estimate of drug-likeness (QED) is 0.0320. The second-order valence-electron chi connectivity index (χ2n) is 36.0. The normalized spacial score (nSPS) is 12.3. The summed E-state index contributed by atoms with van der Waals surface area (Å²) in [6.45, 7) is 15.1. The van der Waals surface area contributed by atoms with Gasteiger partial charge in [-0.25, -0.2) is 0 Å². The Morgan fingerprint density at radius 1 is 0.145 bits per heavy atom. The number of allylic oxidation sites excluding steroid dienone is 12. The van der Waals surface area contributed by atoms with E-state index in [2.05, 4.69) is 114 Å². The van der Waals surface area contributed by atoms with Crippen molar-refractivity contribution >= 4 is 23.5 Å². The summed E-state index contributed by atoms with van der Waals surface area (Å²) < 4.78 is 66.0. The molecule has 124 heavy (non-hydrogen) atoms. The fourth-order valence-corrected chi connectivity index (χ4v) is 17.6. The predicted octanol–water partition coefficient (Wildman–Crippen LogP) is 37.7. The van der Waals surface area contributed by atoms with Crippen LogP contribution in [0.25, 0.3) is 0 Å². The molecule has 0 aromatic rings. The van der Waals surface area contributed by atoms with E-state index in [1.165, 1.54) is 424 Å². The number of phosphoric ester groups is 3. The molecule has 0 rings (SSSR count). The van der Waals surface area contributed by atoms with Gasteiger partial charge in [-0.2, -0.15) is 0 Å². The Morgan fingerprint density at radius 2 is 0.226 bits per heavy atom. The molecule has 0 aliphatic rings. The van der Waals surface area contributed by atoms with Gasteiger partial charge in [0.05, 0.1) is 39.6 Å². The average molecular weight is 1850 g/mol. The monoisotopic (exact) mass is 1840 g/mol. The van der Waals surface area contributed by atoms with E-state index in [0.29, 0.717) is 0 Å². The van der Waals surface area contributed by atoms with Gasteiger partial charge < -0.3 is 41.8 Å². The Kier molecular flexibility index (Phi) is 120. The molecule has 0 saturated heterocycles. The minimum absolute atomic E-state index is 0. The first kappa shape index (κ1) is 130. The molecule has 1 radical (unpaired) electrons. The summed E-state index contributed by atoms with van der Waals surface area (Å²) in [4.78, 5) is 35.8. The van der Waals surface area contributed by atoms with Gasteiger partial charge in [-0.05, 0) is 193 Å². The van der Waals surface area contributed by atoms with Gasteiger partial charge in [0.25, 0.3) is 23.5 Å². The van der Waals surface area contributed by atoms with Crippen molar-refractivity contribution in [3.8, 4) is 0 Å². The Hall–Kier alpha value is -0.698. The van der Waals surface area contributed by atoms with Crippen LogP contribution in [0, 0.1) is 0 Å². The van der Waals surface area contributed by atoms with Gasteiger partial charge in [-0.15, -0.1) is 0 Å². The summed E-state index contributed by atoms with van der Waals surface area (Å²) in [5, 5.41) is 0. The van der Waals surface area contributed by atoms with Crippen molar-refractivity contribution in [2.45, 2.75) is 581 Å². The molecule has 0 aromatic carbocycles. The first-order valence-electron chi connectivity index (χ1n) is 54.1. The molecule has 12 nitrogen and oxygen atoms in total. The van der Waals surface area contributed by atoms with Crippen LogP contribution in [-0.4, -0.2) is 39.6 Å². The van der Waals surface area contributed by atoms with Crippen LogP contribution in [0.1, 0.15) is 581 Å². The van der Waals surface area contributed by atoms with E-state index in [1.54, 1.807) is 0 Å². The largest absolute Gasteiger partial charge is 3.00 e. The molecule has 0 unspecified atom stereocenters. The van der Waals surface area contributed by atoms with E-state index in [-0.39, 0.29) is 57.0 Å². The van der Waals surface area contributed by atoms with Gasteiger partial charge >= 0.3 is 17.4 Å². The van der Waals surface area contributed by atoms with Crippen molar-refractivity contribution < 1.29 is 72.9 Å². The third kappa shape index (κ3) is 123. The fourth-order valence-electron chi connectivity index (χ4n) is 15.3. The maximum Gasteiger partial charge on any atom is 3.00 e. The molecule has 0 aliphatic heterocycles. The summed E-state index contributed by atoms with van der Waals surface area (Å²) in [5.74, 6) is 0. The van der Waals surface area contributed by atoms with Crippen molar-refractivity contribution in [2.75, 3.05) is 39.6 Å². The molecule has 0 amide bonds. The molecule has 0 saturated carbocycles. The molecule has 16 heteroatoms. The minimum atomic E-state index is -4.14. The molecule has 0 spiro atoms. The first-order valence-corrected chi connectivity index (χ1v) is 58.4. The number of unbranched alkanes of at least 4 members (excludes halogenated alkanes) is 72. The van der Waals surface area contributed by atoms with Crippen LogP contribution in [0.4, 0.5) is 0 Å². The summed E-state index contributed by atoms with van der Waals surface area (Å²) >= 11 is 0. The molecule has 0 aliphatic carbocycles. The zero-order valence-corrected chi connectivity index (χ0v) is 87.2. The Morgan fingerprint density at radius 3 is 0.323 bits per heavy atom. The maximum absolute atomic E-state index is 11.9. The Bertz CT molecular complexity index is 1920. The summed E-state index contributed by atoms with van der Waals surface area (Å²) in [6.07, 6.45) is 132. The van der Waals surface area contributed by atoms with Crippen LogP contribution in [0.5, 0.6) is 0 Å². The minimum Gasteiger partial charge on any atom is -0.756 e. The standard InChI is InChI=1S/3C36H71O4P.Cr/c3*1-3-5-7-9-11-13-15-17-19-21-23-25-27-29-31-33-35-39-41(37,38)40-36-34-32-30-28-26-24-22-20-18-16-14-12-10-8-6-4-2;/h3*17-20H,3-16,21-36H2,1-2H3,(H,37,38);/q;;;+3/p-3/b3*19-17-,20-18-;. The second kappa shape index (κ2) is 115. The van der Waals surface area contributed by atoms with E-state index in [1.807, 2.05) is 0 Å². The Labute approximate surface area is 784 Å². The SMILES string of the molecule is CCCCCCCC/C=C\CCCCCCCCOP(=O)([O-])OCCCCCCCC/C=C\CCCCCCCC.CCCCCCCC/C=C\CCCCCCCCOP(=O)([O-])OCCCCCCCC/C=C\CCCCCCCC.CCCCCCCC/C=C\CCCCCCCCOP(=O)([O-])OCCCCCCCC/C=C\CCCCCCCC.[Cr+3]. The molecule has 0 N–H and O–H groups in total. The van der Waals surface area contributed by atoms with Crippen LogP contribution >= 0.6 is 23.5 Å². The molecular formula is C108H210CrO12P3. The first-order chi connectivity index (χ1) is 60.4. The zero-order chi connectivity index (χ0) is 89.9. The molecule has 0 aromatic heterocycles. The third-order valence-corrected chi connectivity index (χ3v) is 26.4. The van der Waals surface area contributed by atoms with Crippen molar-refractivity contribution in [2.24, 2.45) is 0 Å². The molecule has 735 valence electrons. The van der Waals surface area contributed by atoms with E-state index in [4.69, 9.17) is 27.1 Å². The number of hydrogen-bond acceptors (Lipinski definition) is 12. The molecule has 0 heterocycles. The average Bonchev–Trinajstić information content (AvgIpc) is 0.950. The molecule has 0 bridgehead atoms. The van der Waals surface area contributed by atoms with Gasteiger partial charge in [0.15, 0.2) is 0 Å². The maximum atomic E-state index is 11.9. The topological polar surface area (TPSA) is 176 Å². The van der Waals surface area contributed by atoms with Crippen molar-refractivity contribution in [1.29, 1.82) is 0 Å². The summed E-state index contributed by atoms with van der Waals surface area (Å²) in [6, 6.07) is 0. The predicted molar refractivity (Wildman–Crippen MR) is 535 cm³/mol. The van der Waals surface area contributed by atoms with Crippen LogP contribution in [0.3, 0.4) is 0 Å². The molecule has 0 atom stereocenters. The molecular weight excluding hydrogens is 1630 g/mol. The summed E-state index contributed by atoms with van der Waals surface area (Å²) in [5.41, 5.74) is 0. The number of rotatable bonds is 102. The van der Waals surface area contributed by atoms with Crippen molar-refractivity contribution in [3.63, 3.8) is 0 Å². The summed E-state index contributed by atoms with van der Waals surface area (Å²) in [7, 11) is -12.4. The molecule has 0 fully saturated rings.